The smallest absolute Gasteiger partial charge is 0.269 e. The lowest BCUT2D eigenvalue weighted by atomic mass is 9.79. The van der Waals surface area contributed by atoms with Gasteiger partial charge >= 0.3 is 0 Å². The van der Waals surface area contributed by atoms with Crippen LogP contribution in [0.1, 0.15) is 46.1 Å². The van der Waals surface area contributed by atoms with E-state index in [-0.39, 0.29) is 18.0 Å². The molecule has 1 amide bonds. The van der Waals surface area contributed by atoms with Gasteiger partial charge in [-0.25, -0.2) is 5.01 Å². The number of non-ortho nitro benzene ring substituents is 1. The molecule has 1 atom stereocenters. The fraction of sp³-hybridized carbons (Fsp3) is 0.529. The van der Waals surface area contributed by atoms with E-state index in [1.54, 1.807) is 12.1 Å². The van der Waals surface area contributed by atoms with Crippen molar-refractivity contribution in [3.8, 4) is 0 Å². The number of amides is 1. The summed E-state index contributed by atoms with van der Waals surface area (Å²) < 4.78 is 0. The normalized spacial score (nSPS) is 20.9. The number of hydrogen-bond acceptors (Lipinski definition) is 5. The maximum atomic E-state index is 12.7. The third-order valence-corrected chi connectivity index (χ3v) is 4.39. The third kappa shape index (κ3) is 3.31. The minimum Gasteiger partial charge on any atom is -0.368 e. The zero-order chi connectivity index (χ0) is 18.1. The van der Waals surface area contributed by atoms with Crippen LogP contribution in [-0.2, 0) is 11.2 Å². The molecule has 0 spiro atoms. The average Bonchev–Trinajstić information content (AvgIpc) is 2.86. The molecule has 0 saturated carbocycles. The van der Waals surface area contributed by atoms with Crippen molar-refractivity contribution in [3.63, 3.8) is 0 Å². The van der Waals surface area contributed by atoms with Gasteiger partial charge < -0.3 is 5.11 Å². The molecule has 0 saturated heterocycles. The van der Waals surface area contributed by atoms with Gasteiger partial charge in [0.1, 0.15) is 0 Å². The fourth-order valence-electron chi connectivity index (χ4n) is 2.64. The maximum Gasteiger partial charge on any atom is 0.269 e. The summed E-state index contributed by atoms with van der Waals surface area (Å²) in [6.07, 6.45) is 1.02. The maximum absolute atomic E-state index is 12.7. The first-order chi connectivity index (χ1) is 11.1. The van der Waals surface area contributed by atoms with Crippen molar-refractivity contribution in [3.05, 3.63) is 39.9 Å². The molecule has 0 bridgehead atoms. The summed E-state index contributed by atoms with van der Waals surface area (Å²) in [4.78, 5) is 22.9. The summed E-state index contributed by atoms with van der Waals surface area (Å²) in [7, 11) is 0. The van der Waals surface area contributed by atoms with Gasteiger partial charge in [0.2, 0.25) is 5.91 Å². The Morgan fingerprint density at radius 3 is 2.42 bits per heavy atom. The highest BCUT2D eigenvalue weighted by atomic mass is 16.6. The Hall–Kier alpha value is -2.28. The van der Waals surface area contributed by atoms with Gasteiger partial charge in [0.05, 0.1) is 11.3 Å². The molecule has 0 unspecified atom stereocenters. The Kier molecular flexibility index (Phi) is 4.75. The van der Waals surface area contributed by atoms with Gasteiger partial charge in [0, 0.05) is 29.7 Å². The molecule has 1 heterocycles. The molecule has 0 aliphatic carbocycles. The molecule has 24 heavy (non-hydrogen) atoms. The van der Waals surface area contributed by atoms with E-state index in [4.69, 9.17) is 0 Å². The first-order valence-electron chi connectivity index (χ1n) is 7.93. The lowest BCUT2D eigenvalue weighted by Gasteiger charge is -2.41. The van der Waals surface area contributed by atoms with E-state index < -0.39 is 16.1 Å². The third-order valence-electron chi connectivity index (χ3n) is 4.39. The second-order valence-corrected chi connectivity index (χ2v) is 7.07. The van der Waals surface area contributed by atoms with Crippen molar-refractivity contribution in [1.82, 2.24) is 5.01 Å². The topological polar surface area (TPSA) is 96.0 Å². The van der Waals surface area contributed by atoms with Crippen molar-refractivity contribution in [2.24, 2.45) is 10.5 Å². The molecule has 1 aliphatic rings. The summed E-state index contributed by atoms with van der Waals surface area (Å²) in [5, 5.41) is 27.2. The lowest BCUT2D eigenvalue weighted by molar-refractivity contribution is -0.384. The van der Waals surface area contributed by atoms with Gasteiger partial charge in [0.15, 0.2) is 5.72 Å². The number of hydrazone groups is 1. The molecule has 7 heteroatoms. The lowest BCUT2D eigenvalue weighted by Crippen LogP contribution is -2.55. The molecule has 130 valence electrons. The number of nitrogens with zero attached hydrogens (tertiary/aromatic N) is 3. The Bertz CT molecular complexity index is 676. The number of benzene rings is 1. The van der Waals surface area contributed by atoms with Crippen LogP contribution in [0.4, 0.5) is 5.69 Å². The second kappa shape index (κ2) is 6.32. The zero-order valence-electron chi connectivity index (χ0n) is 14.4. The van der Waals surface area contributed by atoms with E-state index in [0.717, 1.165) is 5.71 Å². The number of carbonyl (C=O) groups excluding carboxylic acids is 1. The van der Waals surface area contributed by atoms with Crippen LogP contribution in [0.5, 0.6) is 0 Å². The molecule has 7 nitrogen and oxygen atoms in total. The monoisotopic (exact) mass is 333 g/mol. The predicted octanol–water partition coefficient (Wildman–Crippen LogP) is 2.87. The van der Waals surface area contributed by atoms with Crippen molar-refractivity contribution in [2.45, 2.75) is 52.7 Å². The van der Waals surface area contributed by atoms with Crippen LogP contribution in [0.25, 0.3) is 0 Å². The average molecular weight is 333 g/mol. The van der Waals surface area contributed by atoms with E-state index in [1.807, 2.05) is 27.7 Å². The first-order valence-corrected chi connectivity index (χ1v) is 7.93. The van der Waals surface area contributed by atoms with Gasteiger partial charge in [-0.2, -0.15) is 5.10 Å². The highest BCUT2D eigenvalue weighted by Gasteiger charge is 2.51. The Balaban J connectivity index is 2.23. The fourth-order valence-corrected chi connectivity index (χ4v) is 2.64. The second-order valence-electron chi connectivity index (χ2n) is 7.07. The van der Waals surface area contributed by atoms with E-state index in [1.165, 1.54) is 17.1 Å². The van der Waals surface area contributed by atoms with Gasteiger partial charge in [-0.05, 0) is 12.0 Å². The van der Waals surface area contributed by atoms with Gasteiger partial charge in [0.25, 0.3) is 5.69 Å². The van der Waals surface area contributed by atoms with Crippen LogP contribution in [-0.4, -0.2) is 32.4 Å². The minimum absolute atomic E-state index is 0.0233. The van der Waals surface area contributed by atoms with Crippen LogP contribution in [0.3, 0.4) is 0 Å². The largest absolute Gasteiger partial charge is 0.368 e. The number of rotatable bonds is 4. The molecule has 1 aliphatic heterocycles. The summed E-state index contributed by atoms with van der Waals surface area (Å²) in [6, 6.07) is 5.83. The van der Waals surface area contributed by atoms with Gasteiger partial charge in [-0.1, -0.05) is 39.8 Å². The summed E-state index contributed by atoms with van der Waals surface area (Å²) in [6.45, 7) is 7.54. The highest BCUT2D eigenvalue weighted by molar-refractivity contribution is 5.91. The molecular weight excluding hydrogens is 310 g/mol. The molecule has 1 N–H and O–H groups in total. The standard InChI is InChI=1S/C17H23N3O4/c1-5-13-11-17(22,16(2,3)4)19(18-13)15(21)10-12-6-8-14(9-7-12)20(23)24/h6-9,22H,5,10-11H2,1-4H3/t17-/m1/s1. The highest BCUT2D eigenvalue weighted by Crippen LogP contribution is 2.41. The predicted molar refractivity (Wildman–Crippen MR) is 90.4 cm³/mol. The van der Waals surface area contributed by atoms with E-state index in [9.17, 15) is 20.0 Å². The molecule has 2 rings (SSSR count). The first kappa shape index (κ1) is 18.1. The number of nitro groups is 1. The zero-order valence-corrected chi connectivity index (χ0v) is 14.4. The van der Waals surface area contributed by atoms with Crippen LogP contribution < -0.4 is 0 Å². The molecular formula is C17H23N3O4. The van der Waals surface area contributed by atoms with Crippen molar-refractivity contribution >= 4 is 17.3 Å². The molecule has 0 aromatic heterocycles. The van der Waals surface area contributed by atoms with Crippen molar-refractivity contribution < 1.29 is 14.8 Å². The van der Waals surface area contributed by atoms with E-state index in [2.05, 4.69) is 5.10 Å². The Morgan fingerprint density at radius 1 is 1.38 bits per heavy atom. The van der Waals surface area contributed by atoms with Crippen LogP contribution >= 0.6 is 0 Å². The number of nitro benzene ring substituents is 1. The Labute approximate surface area is 141 Å². The number of aliphatic hydroxyl groups is 1. The molecule has 0 radical (unpaired) electrons. The Morgan fingerprint density at radius 2 is 1.96 bits per heavy atom. The van der Waals surface area contributed by atoms with E-state index in [0.29, 0.717) is 18.4 Å². The molecule has 0 fully saturated rings. The SMILES string of the molecule is CCC1=NN(C(=O)Cc2ccc([N+](=O)[O-])cc2)[C@](O)(C(C)(C)C)C1. The molecule has 1 aromatic carbocycles. The van der Waals surface area contributed by atoms with Crippen molar-refractivity contribution in [2.75, 3.05) is 0 Å². The van der Waals surface area contributed by atoms with Gasteiger partial charge in [-0.3, -0.25) is 14.9 Å². The van der Waals surface area contributed by atoms with E-state index >= 15 is 0 Å². The minimum atomic E-state index is -1.36. The summed E-state index contributed by atoms with van der Waals surface area (Å²) >= 11 is 0. The molecule has 1 aromatic rings. The van der Waals surface area contributed by atoms with Crippen LogP contribution in [0, 0.1) is 15.5 Å². The summed E-state index contributed by atoms with van der Waals surface area (Å²) in [5.41, 5.74) is -0.522. The number of hydrogen-bond donors (Lipinski definition) is 1. The van der Waals surface area contributed by atoms with Crippen LogP contribution in [0.15, 0.2) is 29.4 Å². The quantitative estimate of drug-likeness (QED) is 0.677. The van der Waals surface area contributed by atoms with Crippen LogP contribution in [0.2, 0.25) is 0 Å². The van der Waals surface area contributed by atoms with Crippen molar-refractivity contribution in [1.29, 1.82) is 0 Å². The number of carbonyl (C=O) groups is 1. The van der Waals surface area contributed by atoms with Gasteiger partial charge in [-0.15, -0.1) is 0 Å². The summed E-state index contributed by atoms with van der Waals surface area (Å²) in [5.74, 6) is -0.329.